The third kappa shape index (κ3) is 4.47. The van der Waals surface area contributed by atoms with E-state index in [1.165, 1.54) is 11.3 Å². The number of carboxylic acid groups (broad SMARTS) is 1. The average Bonchev–Trinajstić information content (AvgIpc) is 2.56. The zero-order valence-electron chi connectivity index (χ0n) is 9.62. The van der Waals surface area contributed by atoms with Gasteiger partial charge in [-0.3, -0.25) is 9.59 Å². The number of aryl methyl sites for hydroxylation is 1. The van der Waals surface area contributed by atoms with E-state index in [1.807, 2.05) is 13.0 Å². The van der Waals surface area contributed by atoms with Crippen LogP contribution in [0.1, 0.15) is 35.0 Å². The molecule has 0 bridgehead atoms. The summed E-state index contributed by atoms with van der Waals surface area (Å²) in [5.41, 5.74) is 1.03. The molecule has 0 aliphatic heterocycles. The van der Waals surface area contributed by atoms with Crippen molar-refractivity contribution in [1.82, 2.24) is 5.32 Å². The zero-order valence-corrected chi connectivity index (χ0v) is 12.0. The molecule has 0 aromatic carbocycles. The molecule has 4 nitrogen and oxygen atoms in total. The Balaban J connectivity index is 2.51. The van der Waals surface area contributed by atoms with E-state index in [0.717, 1.165) is 9.35 Å². The van der Waals surface area contributed by atoms with Crippen LogP contribution in [0.25, 0.3) is 0 Å². The minimum Gasteiger partial charge on any atom is -0.481 e. The lowest BCUT2D eigenvalue weighted by atomic mass is 10.2. The quantitative estimate of drug-likeness (QED) is 0.877. The Morgan fingerprint density at radius 3 is 2.71 bits per heavy atom. The van der Waals surface area contributed by atoms with Crippen LogP contribution in [0.5, 0.6) is 0 Å². The van der Waals surface area contributed by atoms with Gasteiger partial charge in [-0.2, -0.15) is 0 Å². The zero-order chi connectivity index (χ0) is 13.0. The Bertz CT molecular complexity index is 411. The molecule has 1 rings (SSSR count). The number of amides is 1. The van der Waals surface area contributed by atoms with Gasteiger partial charge in [-0.15, -0.1) is 11.3 Å². The predicted molar refractivity (Wildman–Crippen MR) is 70.6 cm³/mol. The van der Waals surface area contributed by atoms with Crippen molar-refractivity contribution in [3.05, 3.63) is 20.3 Å². The number of rotatable bonds is 5. The maximum Gasteiger partial charge on any atom is 0.303 e. The van der Waals surface area contributed by atoms with E-state index < -0.39 is 5.97 Å². The van der Waals surface area contributed by atoms with E-state index in [2.05, 4.69) is 21.2 Å². The highest BCUT2D eigenvalue weighted by Gasteiger charge is 2.14. The lowest BCUT2D eigenvalue weighted by molar-refractivity contribution is -0.137. The van der Waals surface area contributed by atoms with Gasteiger partial charge >= 0.3 is 5.97 Å². The van der Waals surface area contributed by atoms with Gasteiger partial charge in [0.05, 0.1) is 8.66 Å². The third-order valence-corrected chi connectivity index (χ3v) is 4.39. The summed E-state index contributed by atoms with van der Waals surface area (Å²) >= 11 is 4.74. The van der Waals surface area contributed by atoms with Crippen LogP contribution in [0.3, 0.4) is 0 Å². The highest BCUT2D eigenvalue weighted by molar-refractivity contribution is 9.11. The molecule has 0 fully saturated rings. The van der Waals surface area contributed by atoms with Gasteiger partial charge in [0.1, 0.15) is 0 Å². The van der Waals surface area contributed by atoms with Gasteiger partial charge in [-0.25, -0.2) is 0 Å². The average molecular weight is 320 g/mol. The van der Waals surface area contributed by atoms with Crippen LogP contribution in [0.2, 0.25) is 0 Å². The van der Waals surface area contributed by atoms with Gasteiger partial charge in [0.2, 0.25) is 0 Å². The molecule has 1 aromatic rings. The van der Waals surface area contributed by atoms with Crippen molar-refractivity contribution >= 4 is 39.1 Å². The second kappa shape index (κ2) is 6.16. The van der Waals surface area contributed by atoms with Crippen molar-refractivity contribution in [3.8, 4) is 0 Å². The molecular weight excluding hydrogens is 306 g/mol. The third-order valence-electron chi connectivity index (χ3n) is 2.25. The molecule has 1 amide bonds. The van der Waals surface area contributed by atoms with Gasteiger partial charge in [0.15, 0.2) is 0 Å². The fourth-order valence-corrected chi connectivity index (χ4v) is 2.72. The fourth-order valence-electron chi connectivity index (χ4n) is 1.28. The molecule has 0 saturated heterocycles. The summed E-state index contributed by atoms with van der Waals surface area (Å²) in [4.78, 5) is 22.8. The van der Waals surface area contributed by atoms with Crippen LogP contribution >= 0.6 is 27.3 Å². The normalized spacial score (nSPS) is 12.2. The fraction of sp³-hybridized carbons (Fsp3) is 0.455. The highest BCUT2D eigenvalue weighted by atomic mass is 79.9. The molecule has 1 unspecified atom stereocenters. The van der Waals surface area contributed by atoms with E-state index in [1.54, 1.807) is 6.92 Å². The molecule has 0 radical (unpaired) electrons. The van der Waals surface area contributed by atoms with E-state index >= 15 is 0 Å². The lowest BCUT2D eigenvalue weighted by Gasteiger charge is -2.11. The van der Waals surface area contributed by atoms with E-state index in [-0.39, 0.29) is 18.4 Å². The molecule has 17 heavy (non-hydrogen) atoms. The molecule has 1 atom stereocenters. The molecule has 0 aliphatic carbocycles. The Hall–Kier alpha value is -0.880. The van der Waals surface area contributed by atoms with Crippen LogP contribution in [-0.4, -0.2) is 23.0 Å². The molecule has 1 aromatic heterocycles. The summed E-state index contributed by atoms with van der Waals surface area (Å²) in [7, 11) is 0. The van der Waals surface area contributed by atoms with Crippen molar-refractivity contribution < 1.29 is 14.7 Å². The topological polar surface area (TPSA) is 66.4 Å². The van der Waals surface area contributed by atoms with Gasteiger partial charge in [0.25, 0.3) is 5.91 Å². The maximum atomic E-state index is 11.8. The number of hydrogen-bond acceptors (Lipinski definition) is 3. The minimum atomic E-state index is -0.846. The van der Waals surface area contributed by atoms with Crippen LogP contribution in [-0.2, 0) is 4.79 Å². The van der Waals surface area contributed by atoms with Crippen LogP contribution in [0.15, 0.2) is 9.85 Å². The van der Waals surface area contributed by atoms with Crippen molar-refractivity contribution in [3.63, 3.8) is 0 Å². The largest absolute Gasteiger partial charge is 0.481 e. The van der Waals surface area contributed by atoms with E-state index in [4.69, 9.17) is 5.11 Å². The number of hydrogen-bond donors (Lipinski definition) is 2. The van der Waals surface area contributed by atoms with Gasteiger partial charge in [0, 0.05) is 12.5 Å². The number of carbonyl (C=O) groups excluding carboxylic acids is 1. The number of thiophene rings is 1. The minimum absolute atomic E-state index is 0.0641. The van der Waals surface area contributed by atoms with E-state index in [9.17, 15) is 9.59 Å². The lowest BCUT2D eigenvalue weighted by Crippen LogP contribution is -2.32. The molecule has 2 N–H and O–H groups in total. The van der Waals surface area contributed by atoms with Gasteiger partial charge < -0.3 is 10.4 Å². The Labute approximate surface area is 112 Å². The number of carbonyl (C=O) groups is 2. The monoisotopic (exact) mass is 319 g/mol. The first kappa shape index (κ1) is 14.2. The Morgan fingerprint density at radius 1 is 1.59 bits per heavy atom. The predicted octanol–water partition coefficient (Wildman–Crippen LogP) is 2.80. The second-order valence-corrected chi connectivity index (χ2v) is 6.24. The van der Waals surface area contributed by atoms with Crippen molar-refractivity contribution in [2.45, 2.75) is 32.7 Å². The van der Waals surface area contributed by atoms with Gasteiger partial charge in [-0.05, 0) is 47.8 Å². The molecular formula is C11H14BrNO3S. The van der Waals surface area contributed by atoms with Crippen molar-refractivity contribution in [2.24, 2.45) is 0 Å². The summed E-state index contributed by atoms with van der Waals surface area (Å²) in [6.45, 7) is 3.72. The number of halogens is 1. The van der Waals surface area contributed by atoms with E-state index in [0.29, 0.717) is 11.3 Å². The smallest absolute Gasteiger partial charge is 0.303 e. The molecule has 1 heterocycles. The number of nitrogens with one attached hydrogen (secondary N) is 1. The first-order valence-corrected chi connectivity index (χ1v) is 6.79. The van der Waals surface area contributed by atoms with Gasteiger partial charge in [-0.1, -0.05) is 0 Å². The highest BCUT2D eigenvalue weighted by Crippen LogP contribution is 2.27. The van der Waals surface area contributed by atoms with Crippen LogP contribution in [0.4, 0.5) is 0 Å². The maximum absolute atomic E-state index is 11.8. The van der Waals surface area contributed by atoms with Crippen LogP contribution < -0.4 is 5.32 Å². The number of aliphatic carboxylic acids is 1. The van der Waals surface area contributed by atoms with Crippen molar-refractivity contribution in [2.75, 3.05) is 0 Å². The first-order valence-electron chi connectivity index (χ1n) is 5.18. The molecule has 0 saturated carbocycles. The number of carboxylic acids is 1. The summed E-state index contributed by atoms with van der Waals surface area (Å²) in [6.07, 6.45) is 0.501. The standard InChI is InChI=1S/C11H14BrNO3S/c1-6-5-8(17-10(6)12)11(16)13-7(2)3-4-9(14)15/h5,7H,3-4H2,1-2H3,(H,13,16)(H,14,15). The van der Waals surface area contributed by atoms with Crippen LogP contribution in [0, 0.1) is 6.92 Å². The molecule has 94 valence electrons. The molecule has 0 spiro atoms. The Morgan fingerprint density at radius 2 is 2.24 bits per heavy atom. The Kier molecular flexibility index (Phi) is 5.14. The SMILES string of the molecule is Cc1cc(C(=O)NC(C)CCC(=O)O)sc1Br. The summed E-state index contributed by atoms with van der Waals surface area (Å²) < 4.78 is 0.945. The summed E-state index contributed by atoms with van der Waals surface area (Å²) in [5, 5.41) is 11.3. The molecule has 6 heteroatoms. The summed E-state index contributed by atoms with van der Waals surface area (Å²) in [6, 6.07) is 1.67. The summed E-state index contributed by atoms with van der Waals surface area (Å²) in [5.74, 6) is -0.998. The van der Waals surface area contributed by atoms with Crippen molar-refractivity contribution in [1.29, 1.82) is 0 Å². The second-order valence-electron chi connectivity index (χ2n) is 3.87. The first-order chi connectivity index (χ1) is 7.90. The molecule has 0 aliphatic rings.